The number of phenols is 2. The number of aromatic hydroxyl groups is 2. The fourth-order valence-electron chi connectivity index (χ4n) is 2.25. The summed E-state index contributed by atoms with van der Waals surface area (Å²) in [5.74, 6) is -1.31. The number of hydrogen-bond donors (Lipinski definition) is 3. The quantitative estimate of drug-likeness (QED) is 0.723. The molecule has 0 aromatic heterocycles. The topological polar surface area (TPSA) is 89.9 Å². The van der Waals surface area contributed by atoms with Crippen LogP contribution < -0.4 is 5.32 Å². The molecule has 1 fully saturated rings. The molecule has 6 nitrogen and oxygen atoms in total. The monoisotopic (exact) mass is 264 g/mol. The number of amides is 2. The Balaban J connectivity index is 2.35. The largest absolute Gasteiger partial charge is 0.507 e. The molecule has 0 saturated carbocycles. The SMILES string of the molecule is CCC1C(=O)NCCN1C(=O)c1c(O)cccc1O. The van der Waals surface area contributed by atoms with Crippen LogP contribution in [-0.2, 0) is 4.79 Å². The highest BCUT2D eigenvalue weighted by Crippen LogP contribution is 2.28. The molecule has 1 aromatic rings. The van der Waals surface area contributed by atoms with Gasteiger partial charge in [-0.3, -0.25) is 9.59 Å². The van der Waals surface area contributed by atoms with Crippen LogP contribution in [0.5, 0.6) is 11.5 Å². The third-order valence-electron chi connectivity index (χ3n) is 3.21. The third-order valence-corrected chi connectivity index (χ3v) is 3.21. The summed E-state index contributed by atoms with van der Waals surface area (Å²) in [5, 5.41) is 22.1. The van der Waals surface area contributed by atoms with Crippen LogP contribution in [0, 0.1) is 0 Å². The van der Waals surface area contributed by atoms with Gasteiger partial charge in [0, 0.05) is 13.1 Å². The number of benzene rings is 1. The predicted octanol–water partition coefficient (Wildman–Crippen LogP) is 0.448. The second-order valence-corrected chi connectivity index (χ2v) is 4.38. The number of carbonyl (C=O) groups excluding carboxylic acids is 2. The Kier molecular flexibility index (Phi) is 3.59. The van der Waals surface area contributed by atoms with Crippen molar-refractivity contribution in [3.05, 3.63) is 23.8 Å². The Morgan fingerprint density at radius 3 is 2.63 bits per heavy atom. The van der Waals surface area contributed by atoms with E-state index < -0.39 is 11.9 Å². The summed E-state index contributed by atoms with van der Waals surface area (Å²) in [7, 11) is 0. The normalized spacial score (nSPS) is 19.1. The van der Waals surface area contributed by atoms with E-state index in [1.165, 1.54) is 23.1 Å². The molecule has 1 aliphatic rings. The fraction of sp³-hybridized carbons (Fsp3) is 0.385. The fourth-order valence-corrected chi connectivity index (χ4v) is 2.25. The van der Waals surface area contributed by atoms with E-state index in [1.54, 1.807) is 6.92 Å². The van der Waals surface area contributed by atoms with Crippen LogP contribution in [-0.4, -0.2) is 46.1 Å². The van der Waals surface area contributed by atoms with Gasteiger partial charge in [0.2, 0.25) is 5.91 Å². The van der Waals surface area contributed by atoms with E-state index in [0.29, 0.717) is 19.5 Å². The summed E-state index contributed by atoms with van der Waals surface area (Å²) in [6.45, 7) is 2.53. The summed E-state index contributed by atoms with van der Waals surface area (Å²) in [6, 6.07) is 3.54. The van der Waals surface area contributed by atoms with Gasteiger partial charge in [-0.25, -0.2) is 0 Å². The average molecular weight is 264 g/mol. The lowest BCUT2D eigenvalue weighted by atomic mass is 10.1. The van der Waals surface area contributed by atoms with Gasteiger partial charge in [0.15, 0.2) is 0 Å². The van der Waals surface area contributed by atoms with Gasteiger partial charge in [-0.05, 0) is 18.6 Å². The molecule has 1 saturated heterocycles. The van der Waals surface area contributed by atoms with Crippen molar-refractivity contribution in [3.63, 3.8) is 0 Å². The summed E-state index contributed by atoms with van der Waals surface area (Å²) in [4.78, 5) is 25.5. The number of carbonyl (C=O) groups is 2. The van der Waals surface area contributed by atoms with E-state index in [1.807, 2.05) is 0 Å². The molecule has 102 valence electrons. The van der Waals surface area contributed by atoms with Crippen LogP contribution >= 0.6 is 0 Å². The van der Waals surface area contributed by atoms with Crippen LogP contribution in [0.25, 0.3) is 0 Å². The van der Waals surface area contributed by atoms with E-state index in [-0.39, 0.29) is 23.0 Å². The van der Waals surface area contributed by atoms with Gasteiger partial charge in [-0.1, -0.05) is 13.0 Å². The summed E-state index contributed by atoms with van der Waals surface area (Å²) < 4.78 is 0. The van der Waals surface area contributed by atoms with E-state index >= 15 is 0 Å². The molecule has 1 unspecified atom stereocenters. The highest BCUT2D eigenvalue weighted by Gasteiger charge is 2.34. The molecule has 19 heavy (non-hydrogen) atoms. The maximum Gasteiger partial charge on any atom is 0.262 e. The number of nitrogens with one attached hydrogen (secondary N) is 1. The van der Waals surface area contributed by atoms with Crippen LogP contribution in [0.1, 0.15) is 23.7 Å². The minimum Gasteiger partial charge on any atom is -0.507 e. The van der Waals surface area contributed by atoms with Gasteiger partial charge in [0.1, 0.15) is 23.1 Å². The van der Waals surface area contributed by atoms with Crippen molar-refractivity contribution in [1.82, 2.24) is 10.2 Å². The van der Waals surface area contributed by atoms with Crippen molar-refractivity contribution < 1.29 is 19.8 Å². The van der Waals surface area contributed by atoms with Crippen LogP contribution in [0.3, 0.4) is 0 Å². The van der Waals surface area contributed by atoms with Gasteiger partial charge in [0.25, 0.3) is 5.91 Å². The zero-order valence-corrected chi connectivity index (χ0v) is 10.6. The Bertz CT molecular complexity index is 495. The number of hydrogen-bond acceptors (Lipinski definition) is 4. The molecular formula is C13H16N2O4. The Morgan fingerprint density at radius 1 is 1.42 bits per heavy atom. The maximum absolute atomic E-state index is 12.4. The van der Waals surface area contributed by atoms with Crippen molar-refractivity contribution >= 4 is 11.8 Å². The summed E-state index contributed by atoms with van der Waals surface area (Å²) in [6.07, 6.45) is 0.478. The van der Waals surface area contributed by atoms with E-state index in [2.05, 4.69) is 5.32 Å². The lowest BCUT2D eigenvalue weighted by molar-refractivity contribution is -0.127. The Labute approximate surface area is 110 Å². The molecule has 0 spiro atoms. The number of phenolic OH excluding ortho intramolecular Hbond substituents is 2. The van der Waals surface area contributed by atoms with Crippen molar-refractivity contribution in [2.75, 3.05) is 13.1 Å². The first-order chi connectivity index (χ1) is 9.06. The van der Waals surface area contributed by atoms with E-state index in [9.17, 15) is 19.8 Å². The first kappa shape index (κ1) is 13.2. The maximum atomic E-state index is 12.4. The molecule has 2 rings (SSSR count). The number of rotatable bonds is 2. The van der Waals surface area contributed by atoms with Crippen molar-refractivity contribution in [2.45, 2.75) is 19.4 Å². The average Bonchev–Trinajstić information content (AvgIpc) is 2.38. The van der Waals surface area contributed by atoms with Gasteiger partial charge < -0.3 is 20.4 Å². The van der Waals surface area contributed by atoms with Crippen molar-refractivity contribution in [2.24, 2.45) is 0 Å². The molecule has 3 N–H and O–H groups in total. The molecule has 1 atom stereocenters. The van der Waals surface area contributed by atoms with Crippen LogP contribution in [0.2, 0.25) is 0 Å². The molecule has 0 aliphatic carbocycles. The van der Waals surface area contributed by atoms with Gasteiger partial charge >= 0.3 is 0 Å². The lowest BCUT2D eigenvalue weighted by Crippen LogP contribution is -2.56. The van der Waals surface area contributed by atoms with Crippen molar-refractivity contribution in [1.29, 1.82) is 0 Å². The summed E-state index contributed by atoms with van der Waals surface area (Å²) in [5.41, 5.74) is -0.157. The minimum absolute atomic E-state index is 0.157. The lowest BCUT2D eigenvalue weighted by Gasteiger charge is -2.34. The highest BCUT2D eigenvalue weighted by atomic mass is 16.3. The van der Waals surface area contributed by atoms with Gasteiger partial charge in [0.05, 0.1) is 0 Å². The number of nitrogens with zero attached hydrogens (tertiary/aromatic N) is 1. The minimum atomic E-state index is -0.569. The molecule has 0 bridgehead atoms. The highest BCUT2D eigenvalue weighted by molar-refractivity contribution is 6.02. The van der Waals surface area contributed by atoms with Gasteiger partial charge in [-0.15, -0.1) is 0 Å². The third kappa shape index (κ3) is 2.33. The first-order valence-electron chi connectivity index (χ1n) is 6.16. The van der Waals surface area contributed by atoms with Crippen LogP contribution in [0.4, 0.5) is 0 Å². The summed E-state index contributed by atoms with van der Waals surface area (Å²) >= 11 is 0. The molecule has 0 radical (unpaired) electrons. The van der Waals surface area contributed by atoms with Gasteiger partial charge in [-0.2, -0.15) is 0 Å². The smallest absolute Gasteiger partial charge is 0.262 e. The number of piperazine rings is 1. The zero-order valence-electron chi connectivity index (χ0n) is 10.6. The molecule has 6 heteroatoms. The van der Waals surface area contributed by atoms with Crippen molar-refractivity contribution in [3.8, 4) is 11.5 Å². The first-order valence-corrected chi connectivity index (χ1v) is 6.16. The van der Waals surface area contributed by atoms with E-state index in [0.717, 1.165) is 0 Å². The predicted molar refractivity (Wildman–Crippen MR) is 67.9 cm³/mol. The molecule has 2 amide bonds. The second-order valence-electron chi connectivity index (χ2n) is 4.38. The standard InChI is InChI=1S/C13H16N2O4/c1-2-8-12(18)14-6-7-15(8)13(19)11-9(16)4-3-5-10(11)17/h3-5,8,16-17H,2,6-7H2,1H3,(H,14,18). The molecule has 1 aromatic carbocycles. The zero-order chi connectivity index (χ0) is 14.0. The molecule has 1 aliphatic heterocycles. The van der Waals surface area contributed by atoms with E-state index in [4.69, 9.17) is 0 Å². The second kappa shape index (κ2) is 5.17. The Morgan fingerprint density at radius 2 is 2.05 bits per heavy atom. The van der Waals surface area contributed by atoms with Crippen LogP contribution in [0.15, 0.2) is 18.2 Å². The molecular weight excluding hydrogens is 248 g/mol. The molecule has 1 heterocycles. The Hall–Kier alpha value is -2.24.